The van der Waals surface area contributed by atoms with Crippen molar-refractivity contribution >= 4 is 38.4 Å². The van der Waals surface area contributed by atoms with Gasteiger partial charge in [-0.2, -0.15) is 0 Å². The first-order valence-corrected chi connectivity index (χ1v) is 10.8. The zero-order valence-electron chi connectivity index (χ0n) is 16.4. The molecule has 1 aliphatic heterocycles. The summed E-state index contributed by atoms with van der Waals surface area (Å²) in [6.07, 6.45) is 1.65. The minimum absolute atomic E-state index is 0.626. The van der Waals surface area contributed by atoms with E-state index in [1.807, 2.05) is 6.92 Å². The van der Waals surface area contributed by atoms with Gasteiger partial charge in [-0.05, 0) is 53.8 Å². The Kier molecular flexibility index (Phi) is 3.95. The second-order valence-electron chi connectivity index (χ2n) is 7.48. The average Bonchev–Trinajstić information content (AvgIpc) is 3.32. The summed E-state index contributed by atoms with van der Waals surface area (Å²) in [5, 5.41) is 3.17. The van der Waals surface area contributed by atoms with E-state index in [0.717, 1.165) is 68.4 Å². The predicted octanol–water partition coefficient (Wildman–Crippen LogP) is 4.94. The summed E-state index contributed by atoms with van der Waals surface area (Å²) in [7, 11) is 0. The lowest BCUT2D eigenvalue weighted by Gasteiger charge is -2.21. The quantitative estimate of drug-likeness (QED) is 0.444. The number of ether oxygens (including phenoxy) is 1. The molecule has 6 rings (SSSR count). The molecule has 0 bridgehead atoms. The molecule has 7 heteroatoms. The van der Waals surface area contributed by atoms with E-state index in [-0.39, 0.29) is 0 Å². The average molecular weight is 414 g/mol. The van der Waals surface area contributed by atoms with Gasteiger partial charge in [-0.15, -0.1) is 11.3 Å². The summed E-state index contributed by atoms with van der Waals surface area (Å²) in [5.74, 6) is 2.84. The van der Waals surface area contributed by atoms with Crippen molar-refractivity contribution in [2.75, 3.05) is 18.1 Å². The summed E-state index contributed by atoms with van der Waals surface area (Å²) < 4.78 is 6.06. The van der Waals surface area contributed by atoms with E-state index in [1.54, 1.807) is 17.7 Å². The van der Waals surface area contributed by atoms with Crippen molar-refractivity contribution in [2.45, 2.75) is 13.5 Å². The highest BCUT2D eigenvalue weighted by molar-refractivity contribution is 7.16. The molecule has 2 aromatic carbocycles. The standard InChI is InChI=1S/C23H19N5OS/c1-14-26-19-4-2-16(11-20(19)27-14)15-3-5-21-17(10-15)12-28(7-8-29-21)22-18-6-9-30-23(18)25-13-24-22/h2-6,9-11,13H,7-8,12H2,1H3,(H,26,27). The van der Waals surface area contributed by atoms with E-state index in [4.69, 9.17) is 4.74 Å². The highest BCUT2D eigenvalue weighted by Gasteiger charge is 2.20. The van der Waals surface area contributed by atoms with Crippen LogP contribution in [0.15, 0.2) is 54.2 Å². The molecule has 30 heavy (non-hydrogen) atoms. The zero-order chi connectivity index (χ0) is 20.1. The number of hydrogen-bond acceptors (Lipinski definition) is 6. The van der Waals surface area contributed by atoms with Gasteiger partial charge in [-0.3, -0.25) is 0 Å². The monoisotopic (exact) mass is 413 g/mol. The van der Waals surface area contributed by atoms with Crippen LogP contribution in [-0.4, -0.2) is 33.1 Å². The Labute approximate surface area is 177 Å². The highest BCUT2D eigenvalue weighted by atomic mass is 32.1. The summed E-state index contributed by atoms with van der Waals surface area (Å²) >= 11 is 1.64. The number of aromatic amines is 1. The fraction of sp³-hybridized carbons (Fsp3) is 0.174. The summed E-state index contributed by atoms with van der Waals surface area (Å²) in [5.41, 5.74) is 5.53. The minimum Gasteiger partial charge on any atom is -0.491 e. The van der Waals surface area contributed by atoms with Crippen LogP contribution in [0.2, 0.25) is 0 Å². The van der Waals surface area contributed by atoms with Gasteiger partial charge in [-0.1, -0.05) is 12.1 Å². The van der Waals surface area contributed by atoms with Crippen LogP contribution in [0.3, 0.4) is 0 Å². The molecule has 0 amide bonds. The van der Waals surface area contributed by atoms with E-state index in [2.05, 4.69) is 72.7 Å². The molecular formula is C23H19N5OS. The van der Waals surface area contributed by atoms with Gasteiger partial charge < -0.3 is 14.6 Å². The molecule has 0 fully saturated rings. The van der Waals surface area contributed by atoms with Gasteiger partial charge in [0.2, 0.25) is 0 Å². The number of anilines is 1. The molecule has 1 aliphatic rings. The van der Waals surface area contributed by atoms with Gasteiger partial charge >= 0.3 is 0 Å². The second kappa shape index (κ2) is 6.81. The van der Waals surface area contributed by atoms with Gasteiger partial charge in [0.05, 0.1) is 23.0 Å². The van der Waals surface area contributed by atoms with Crippen molar-refractivity contribution in [3.05, 3.63) is 65.6 Å². The normalized spacial score (nSPS) is 14.0. The molecular weight excluding hydrogens is 394 g/mol. The van der Waals surface area contributed by atoms with Crippen molar-refractivity contribution in [3.8, 4) is 16.9 Å². The number of imidazole rings is 1. The van der Waals surface area contributed by atoms with Crippen molar-refractivity contribution in [3.63, 3.8) is 0 Å². The van der Waals surface area contributed by atoms with Crippen LogP contribution in [0, 0.1) is 6.92 Å². The van der Waals surface area contributed by atoms with Gasteiger partial charge in [0.25, 0.3) is 0 Å². The molecule has 0 atom stereocenters. The first-order chi connectivity index (χ1) is 14.7. The Morgan fingerprint density at radius 1 is 1.07 bits per heavy atom. The lowest BCUT2D eigenvalue weighted by molar-refractivity contribution is 0.331. The SMILES string of the molecule is Cc1nc2ccc(-c3ccc4c(c3)CN(c3ncnc5sccc35)CCO4)cc2[nH]1. The Balaban J connectivity index is 1.39. The fourth-order valence-corrected chi connectivity index (χ4v) is 4.83. The molecule has 3 aromatic heterocycles. The number of aromatic nitrogens is 4. The van der Waals surface area contributed by atoms with Gasteiger partial charge in [0, 0.05) is 12.1 Å². The van der Waals surface area contributed by atoms with Crippen LogP contribution in [-0.2, 0) is 6.54 Å². The summed E-state index contributed by atoms with van der Waals surface area (Å²) in [6.45, 7) is 4.13. The molecule has 148 valence electrons. The third-order valence-corrected chi connectivity index (χ3v) is 6.34. The maximum atomic E-state index is 6.06. The smallest absolute Gasteiger partial charge is 0.141 e. The predicted molar refractivity (Wildman–Crippen MR) is 120 cm³/mol. The Morgan fingerprint density at radius 2 is 1.97 bits per heavy atom. The van der Waals surface area contributed by atoms with Crippen LogP contribution >= 0.6 is 11.3 Å². The molecule has 0 saturated carbocycles. The molecule has 0 unspecified atom stereocenters. The molecule has 5 aromatic rings. The van der Waals surface area contributed by atoms with E-state index < -0.39 is 0 Å². The van der Waals surface area contributed by atoms with Gasteiger partial charge in [0.15, 0.2) is 0 Å². The molecule has 4 heterocycles. The molecule has 0 saturated heterocycles. The number of H-pyrrole nitrogens is 1. The highest BCUT2D eigenvalue weighted by Crippen LogP contribution is 2.33. The van der Waals surface area contributed by atoms with Gasteiger partial charge in [-0.25, -0.2) is 15.0 Å². The number of nitrogens with one attached hydrogen (secondary N) is 1. The number of aryl methyl sites for hydroxylation is 1. The van der Waals surface area contributed by atoms with Gasteiger partial charge in [0.1, 0.15) is 35.2 Å². The Bertz CT molecular complexity index is 1390. The number of benzene rings is 2. The molecule has 1 N–H and O–H groups in total. The van der Waals surface area contributed by atoms with Crippen molar-refractivity contribution < 1.29 is 4.74 Å². The topological polar surface area (TPSA) is 66.9 Å². The van der Waals surface area contributed by atoms with Crippen LogP contribution in [0.4, 0.5) is 5.82 Å². The lowest BCUT2D eigenvalue weighted by Crippen LogP contribution is -2.26. The molecule has 0 radical (unpaired) electrons. The molecule has 6 nitrogen and oxygen atoms in total. The largest absolute Gasteiger partial charge is 0.491 e. The summed E-state index contributed by atoms with van der Waals surface area (Å²) in [6, 6.07) is 14.9. The number of hydrogen-bond donors (Lipinski definition) is 1. The van der Waals surface area contributed by atoms with E-state index in [9.17, 15) is 0 Å². The fourth-order valence-electron chi connectivity index (χ4n) is 4.10. The van der Waals surface area contributed by atoms with Crippen molar-refractivity contribution in [2.24, 2.45) is 0 Å². The lowest BCUT2D eigenvalue weighted by atomic mass is 10.0. The molecule has 0 spiro atoms. The van der Waals surface area contributed by atoms with E-state index in [1.165, 1.54) is 0 Å². The van der Waals surface area contributed by atoms with Crippen LogP contribution in [0.25, 0.3) is 32.4 Å². The number of rotatable bonds is 2. The number of nitrogens with zero attached hydrogens (tertiary/aromatic N) is 4. The number of thiophene rings is 1. The second-order valence-corrected chi connectivity index (χ2v) is 8.38. The van der Waals surface area contributed by atoms with Crippen molar-refractivity contribution in [1.29, 1.82) is 0 Å². The van der Waals surface area contributed by atoms with Crippen LogP contribution < -0.4 is 9.64 Å². The van der Waals surface area contributed by atoms with Crippen LogP contribution in [0.5, 0.6) is 5.75 Å². The third-order valence-electron chi connectivity index (χ3n) is 5.51. The van der Waals surface area contributed by atoms with Crippen molar-refractivity contribution in [1.82, 2.24) is 19.9 Å². The zero-order valence-corrected chi connectivity index (χ0v) is 17.2. The van der Waals surface area contributed by atoms with E-state index in [0.29, 0.717) is 6.61 Å². The first-order valence-electron chi connectivity index (χ1n) is 9.90. The maximum Gasteiger partial charge on any atom is 0.141 e. The van der Waals surface area contributed by atoms with E-state index >= 15 is 0 Å². The Hall–Kier alpha value is -3.45. The first kappa shape index (κ1) is 17.4. The minimum atomic E-state index is 0.626. The summed E-state index contributed by atoms with van der Waals surface area (Å²) in [4.78, 5) is 20.1. The third kappa shape index (κ3) is 2.90. The number of fused-ring (bicyclic) bond motifs is 3. The molecule has 0 aliphatic carbocycles. The van der Waals surface area contributed by atoms with Crippen LogP contribution in [0.1, 0.15) is 11.4 Å². The maximum absolute atomic E-state index is 6.06. The Morgan fingerprint density at radius 3 is 2.93 bits per heavy atom.